The van der Waals surface area contributed by atoms with Gasteiger partial charge in [0.1, 0.15) is 16.7 Å². The molecule has 0 bridgehead atoms. The minimum absolute atomic E-state index is 0.478. The Balaban J connectivity index is 2.09. The molecule has 1 aromatic carbocycles. The van der Waals surface area contributed by atoms with Crippen LogP contribution >= 0.6 is 27.5 Å². The number of ether oxygens (including phenoxy) is 1. The van der Waals surface area contributed by atoms with E-state index in [4.69, 9.17) is 16.3 Å². The predicted molar refractivity (Wildman–Crippen MR) is 86.5 cm³/mol. The zero-order valence-electron chi connectivity index (χ0n) is 11.2. The van der Waals surface area contributed by atoms with Crippen LogP contribution in [0.15, 0.2) is 40.9 Å². The Labute approximate surface area is 132 Å². The van der Waals surface area contributed by atoms with Crippen LogP contribution in [0, 0.1) is 0 Å². The topological polar surface area (TPSA) is 34.1 Å². The summed E-state index contributed by atoms with van der Waals surface area (Å²) in [7, 11) is 0. The smallest absolute Gasteiger partial charge is 0.131 e. The van der Waals surface area contributed by atoms with Gasteiger partial charge in [-0.25, -0.2) is 4.98 Å². The van der Waals surface area contributed by atoms with Gasteiger partial charge in [-0.2, -0.15) is 0 Å². The lowest BCUT2D eigenvalue weighted by Crippen LogP contribution is -2.05. The maximum Gasteiger partial charge on any atom is 0.131 e. The zero-order chi connectivity index (χ0) is 14.4. The van der Waals surface area contributed by atoms with Crippen LogP contribution in [0.25, 0.3) is 0 Å². The van der Waals surface area contributed by atoms with Crippen LogP contribution in [0.1, 0.15) is 18.9 Å². The molecule has 1 heterocycles. The molecule has 0 unspecified atom stereocenters. The van der Waals surface area contributed by atoms with Gasteiger partial charge in [0.2, 0.25) is 0 Å². The number of rotatable bonds is 6. The molecule has 106 valence electrons. The van der Waals surface area contributed by atoms with E-state index < -0.39 is 0 Å². The van der Waals surface area contributed by atoms with Gasteiger partial charge >= 0.3 is 0 Å². The van der Waals surface area contributed by atoms with E-state index in [1.54, 1.807) is 6.07 Å². The van der Waals surface area contributed by atoms with E-state index in [0.29, 0.717) is 18.3 Å². The number of nitrogens with zero attached hydrogens (tertiary/aromatic N) is 1. The molecule has 0 amide bonds. The molecule has 3 nitrogen and oxygen atoms in total. The molecule has 0 aliphatic carbocycles. The summed E-state index contributed by atoms with van der Waals surface area (Å²) >= 11 is 9.35. The number of benzene rings is 1. The summed E-state index contributed by atoms with van der Waals surface area (Å²) in [6.07, 6.45) is 0.985. The molecule has 0 aliphatic rings. The van der Waals surface area contributed by atoms with Crippen molar-refractivity contribution >= 4 is 33.3 Å². The standard InChI is InChI=1S/C15H16BrClN2O/c1-2-8-20-13-7-6-12(16)9-11(13)10-18-15-5-3-4-14(17)19-15/h3-7,9H,2,8,10H2,1H3,(H,18,19). The highest BCUT2D eigenvalue weighted by Crippen LogP contribution is 2.24. The van der Waals surface area contributed by atoms with Crippen molar-refractivity contribution in [2.45, 2.75) is 19.9 Å². The molecule has 20 heavy (non-hydrogen) atoms. The van der Waals surface area contributed by atoms with Crippen LogP contribution in [0.4, 0.5) is 5.82 Å². The van der Waals surface area contributed by atoms with Gasteiger partial charge in [-0.3, -0.25) is 0 Å². The number of nitrogens with one attached hydrogen (secondary N) is 1. The maximum atomic E-state index is 5.87. The van der Waals surface area contributed by atoms with Crippen molar-refractivity contribution in [2.24, 2.45) is 0 Å². The Morgan fingerprint density at radius 3 is 2.90 bits per heavy atom. The first-order chi connectivity index (χ1) is 9.69. The average Bonchev–Trinajstić information content (AvgIpc) is 2.44. The molecule has 0 fully saturated rings. The number of pyridine rings is 1. The lowest BCUT2D eigenvalue weighted by Gasteiger charge is -2.12. The van der Waals surface area contributed by atoms with Crippen LogP contribution in [0.5, 0.6) is 5.75 Å². The van der Waals surface area contributed by atoms with Crippen LogP contribution in [0.3, 0.4) is 0 Å². The molecule has 2 aromatic rings. The highest BCUT2D eigenvalue weighted by Gasteiger charge is 2.05. The molecule has 0 aliphatic heterocycles. The van der Waals surface area contributed by atoms with Crippen LogP contribution in [0.2, 0.25) is 5.15 Å². The fraction of sp³-hybridized carbons (Fsp3) is 0.267. The Hall–Kier alpha value is -1.26. The number of anilines is 1. The first kappa shape index (κ1) is 15.1. The van der Waals surface area contributed by atoms with Crippen LogP contribution in [-0.2, 0) is 6.54 Å². The Morgan fingerprint density at radius 2 is 2.15 bits per heavy atom. The van der Waals surface area contributed by atoms with Crippen molar-refractivity contribution in [3.05, 3.63) is 51.6 Å². The summed E-state index contributed by atoms with van der Waals surface area (Å²) in [5.74, 6) is 1.64. The Morgan fingerprint density at radius 1 is 1.30 bits per heavy atom. The monoisotopic (exact) mass is 354 g/mol. The summed E-state index contributed by atoms with van der Waals surface area (Å²) in [4.78, 5) is 4.20. The SMILES string of the molecule is CCCOc1ccc(Br)cc1CNc1cccc(Cl)n1. The molecule has 5 heteroatoms. The highest BCUT2D eigenvalue weighted by molar-refractivity contribution is 9.10. The van der Waals surface area contributed by atoms with Gasteiger partial charge in [0.05, 0.1) is 6.61 Å². The lowest BCUT2D eigenvalue weighted by molar-refractivity contribution is 0.314. The number of aromatic nitrogens is 1. The minimum Gasteiger partial charge on any atom is -0.493 e. The largest absolute Gasteiger partial charge is 0.493 e. The third kappa shape index (κ3) is 4.39. The van der Waals surface area contributed by atoms with E-state index >= 15 is 0 Å². The predicted octanol–water partition coefficient (Wildman–Crippen LogP) is 4.90. The molecular formula is C15H16BrClN2O. The van der Waals surface area contributed by atoms with Crippen LogP contribution < -0.4 is 10.1 Å². The van der Waals surface area contributed by atoms with Crippen molar-refractivity contribution in [1.29, 1.82) is 0 Å². The normalized spacial score (nSPS) is 10.3. The van der Waals surface area contributed by atoms with Gasteiger partial charge in [0.25, 0.3) is 0 Å². The van der Waals surface area contributed by atoms with E-state index in [1.807, 2.05) is 30.3 Å². The summed E-state index contributed by atoms with van der Waals surface area (Å²) in [5.41, 5.74) is 1.08. The van der Waals surface area contributed by atoms with Crippen molar-refractivity contribution < 1.29 is 4.74 Å². The summed E-state index contributed by atoms with van der Waals surface area (Å²) in [5, 5.41) is 3.73. The molecule has 1 aromatic heterocycles. The van der Waals surface area contributed by atoms with Gasteiger partial charge in [-0.05, 0) is 36.8 Å². The van der Waals surface area contributed by atoms with E-state index in [-0.39, 0.29) is 0 Å². The molecule has 0 saturated heterocycles. The molecule has 0 radical (unpaired) electrons. The number of hydrogen-bond acceptors (Lipinski definition) is 3. The first-order valence-corrected chi connectivity index (χ1v) is 7.64. The number of halogens is 2. The quantitative estimate of drug-likeness (QED) is 0.748. The van der Waals surface area contributed by atoms with Gasteiger partial charge in [0.15, 0.2) is 0 Å². The van der Waals surface area contributed by atoms with E-state index in [0.717, 1.165) is 28.0 Å². The molecule has 0 atom stereocenters. The summed E-state index contributed by atoms with van der Waals surface area (Å²) in [6.45, 7) is 3.43. The maximum absolute atomic E-state index is 5.87. The van der Waals surface area contributed by atoms with Crippen molar-refractivity contribution in [3.63, 3.8) is 0 Å². The van der Waals surface area contributed by atoms with Crippen LogP contribution in [-0.4, -0.2) is 11.6 Å². The Kier molecular flexibility index (Phi) is 5.68. The fourth-order valence-corrected chi connectivity index (χ4v) is 2.30. The molecule has 0 spiro atoms. The molecule has 1 N–H and O–H groups in total. The second kappa shape index (κ2) is 7.50. The highest BCUT2D eigenvalue weighted by atomic mass is 79.9. The Bertz CT molecular complexity index is 578. The van der Waals surface area contributed by atoms with Gasteiger partial charge in [-0.1, -0.05) is 40.5 Å². The van der Waals surface area contributed by atoms with Crippen molar-refractivity contribution in [3.8, 4) is 5.75 Å². The lowest BCUT2D eigenvalue weighted by atomic mass is 10.2. The second-order valence-electron chi connectivity index (χ2n) is 4.30. The summed E-state index contributed by atoms with van der Waals surface area (Å²) in [6, 6.07) is 11.5. The first-order valence-electron chi connectivity index (χ1n) is 6.46. The van der Waals surface area contributed by atoms with Gasteiger partial charge in [0, 0.05) is 16.6 Å². The fourth-order valence-electron chi connectivity index (χ4n) is 1.73. The molecular weight excluding hydrogens is 340 g/mol. The molecule has 2 rings (SSSR count). The number of hydrogen-bond donors (Lipinski definition) is 1. The minimum atomic E-state index is 0.478. The third-order valence-corrected chi connectivity index (χ3v) is 3.36. The average molecular weight is 356 g/mol. The zero-order valence-corrected chi connectivity index (χ0v) is 13.5. The van der Waals surface area contributed by atoms with E-state index in [2.05, 4.69) is 33.2 Å². The van der Waals surface area contributed by atoms with Gasteiger partial charge < -0.3 is 10.1 Å². The molecule has 0 saturated carbocycles. The van der Waals surface area contributed by atoms with Crippen molar-refractivity contribution in [2.75, 3.05) is 11.9 Å². The third-order valence-electron chi connectivity index (χ3n) is 2.66. The second-order valence-corrected chi connectivity index (χ2v) is 5.60. The van der Waals surface area contributed by atoms with E-state index in [9.17, 15) is 0 Å². The van der Waals surface area contributed by atoms with Gasteiger partial charge in [-0.15, -0.1) is 0 Å². The van der Waals surface area contributed by atoms with Crippen molar-refractivity contribution in [1.82, 2.24) is 4.98 Å². The summed E-state index contributed by atoms with van der Waals surface area (Å²) < 4.78 is 6.77. The van der Waals surface area contributed by atoms with E-state index in [1.165, 1.54) is 0 Å².